The maximum Gasteiger partial charge on any atom is 0.224 e. The molecule has 138 valence electrons. The topological polar surface area (TPSA) is 41.6 Å². The van der Waals surface area contributed by atoms with Gasteiger partial charge >= 0.3 is 0 Å². The van der Waals surface area contributed by atoms with Crippen LogP contribution in [0.25, 0.3) is 11.0 Å². The van der Waals surface area contributed by atoms with Crippen LogP contribution in [0.2, 0.25) is 5.28 Å². The second-order valence-electron chi connectivity index (χ2n) is 1.92. The summed E-state index contributed by atoms with van der Waals surface area (Å²) in [5.74, 6) is 0. The molecule has 0 aliphatic carbocycles. The van der Waals surface area contributed by atoms with Crippen LogP contribution < -0.4 is 0 Å². The Morgan fingerprint density at radius 1 is 0.762 bits per heavy atom. The Balaban J connectivity index is -0.0000000137. The summed E-state index contributed by atoms with van der Waals surface area (Å²) in [4.78, 5) is 10.7. The van der Waals surface area contributed by atoms with Gasteiger partial charge in [-0.3, -0.25) is 0 Å². The van der Waals surface area contributed by atoms with Crippen molar-refractivity contribution in [3.05, 3.63) is 23.7 Å². The Kier molecular flexibility index (Phi) is 131. The molecule has 0 amide bonds. The summed E-state index contributed by atoms with van der Waals surface area (Å²) in [5, 5.41) is 1.25. The zero-order chi connectivity index (χ0) is 6.97. The molecule has 2 aromatic rings. The third-order valence-electron chi connectivity index (χ3n) is 1.27. The molecule has 0 saturated heterocycles. The minimum Gasteiger partial charge on any atom is -0.346 e. The van der Waals surface area contributed by atoms with E-state index >= 15 is 0 Å². The quantitative estimate of drug-likeness (QED) is 0.473. The van der Waals surface area contributed by atoms with Gasteiger partial charge in [0.05, 0.1) is 0 Å². The van der Waals surface area contributed by atoms with E-state index in [1.807, 2.05) is 6.07 Å². The molecule has 0 atom stereocenters. The van der Waals surface area contributed by atoms with Gasteiger partial charge in [0.2, 0.25) is 5.28 Å². The molecule has 0 saturated carbocycles. The van der Waals surface area contributed by atoms with Gasteiger partial charge in [0.25, 0.3) is 0 Å². The summed E-state index contributed by atoms with van der Waals surface area (Å²) >= 11 is 5.53. The molecule has 0 fully saturated rings. The van der Waals surface area contributed by atoms with Crippen molar-refractivity contribution in [3.63, 3.8) is 0 Å². The number of H-pyrrole nitrogens is 1. The van der Waals surface area contributed by atoms with Crippen molar-refractivity contribution in [2.45, 2.75) is 0 Å². The van der Waals surface area contributed by atoms with Crippen molar-refractivity contribution < 1.29 is 415 Å². The Morgan fingerprint density at radius 3 is 1.62 bits per heavy atom. The largest absolute Gasteiger partial charge is 0.346 e. The number of aromatic nitrogens is 3. The summed E-state index contributed by atoms with van der Waals surface area (Å²) in [7, 11) is 0. The maximum absolute atomic E-state index is 5.53. The van der Waals surface area contributed by atoms with Gasteiger partial charge in [-0.05, 0) is 17.7 Å². The first-order valence-corrected chi connectivity index (χ1v) is 3.20. The van der Waals surface area contributed by atoms with Crippen molar-refractivity contribution in [2.24, 2.45) is 0 Å². The average molecular weight is 593 g/mol. The molecular weight excluding hydrogens is 589 g/mol. The Morgan fingerprint density at radius 2 is 1.19 bits per heavy atom. The van der Waals surface area contributed by atoms with Gasteiger partial charge in [0.15, 0.2) is 0 Å². The molecule has 3 nitrogen and oxygen atoms in total. The monoisotopic (exact) mass is 593 g/mol. The van der Waals surface area contributed by atoms with Crippen LogP contribution in [0.4, 0.5) is 0 Å². The summed E-state index contributed by atoms with van der Waals surface area (Å²) < 4.78 is 0. The summed E-state index contributed by atoms with van der Waals surface area (Å²) in [5.41, 5.74) is 0.778. The number of hydrogen-bond donors (Lipinski definition) is 1. The van der Waals surface area contributed by atoms with Crippen molar-refractivity contribution in [2.75, 3.05) is 0 Å². The van der Waals surface area contributed by atoms with E-state index in [9.17, 15) is 0 Å². The number of hydrogen-bond acceptors (Lipinski definition) is 2. The second-order valence-corrected chi connectivity index (χ2v) is 2.26. The van der Waals surface area contributed by atoms with E-state index in [1.165, 1.54) is 0 Å². The Bertz CT molecular complexity index is 375. The second kappa shape index (κ2) is 42.9. The maximum atomic E-state index is 5.53. The summed E-state index contributed by atoms with van der Waals surface area (Å²) in [6.45, 7) is 0. The van der Waals surface area contributed by atoms with Gasteiger partial charge in [-0.1, -0.05) is 0 Å². The van der Waals surface area contributed by atoms with Gasteiger partial charge in [0.1, 0.15) is 5.65 Å². The fourth-order valence-electron chi connectivity index (χ4n) is 0.818. The molecule has 15 heteroatoms. The zero-order valence-electron chi connectivity index (χ0n) is 8.89. The molecule has 0 aliphatic rings. The van der Waals surface area contributed by atoms with Gasteiger partial charge in [-0.15, -0.1) is 0 Å². The number of rotatable bonds is 0. The van der Waals surface area contributed by atoms with Crippen LogP contribution in [-0.4, -0.2) is 15.0 Å². The van der Waals surface area contributed by atoms with Gasteiger partial charge in [-0.2, -0.15) is 4.98 Å². The van der Waals surface area contributed by atoms with Crippen LogP contribution in [0.15, 0.2) is 18.5 Å². The van der Waals surface area contributed by atoms with Crippen LogP contribution in [0.3, 0.4) is 0 Å². The van der Waals surface area contributed by atoms with Gasteiger partial charge in [0, 0.05) is 433 Å². The van der Waals surface area contributed by atoms with Crippen LogP contribution in [0.5, 0.6) is 0 Å². The molecule has 21 heavy (non-hydrogen) atoms. The smallest absolute Gasteiger partial charge is 0.224 e. The third-order valence-corrected chi connectivity index (χ3v) is 1.45. The third kappa shape index (κ3) is 30.7. The Labute approximate surface area is 459 Å². The molecule has 1 N–H and O–H groups in total. The van der Waals surface area contributed by atoms with Gasteiger partial charge < -0.3 is 4.98 Å². The number of fused-ring (bicyclic) bond motifs is 1. The molecule has 0 aliphatic heterocycles. The molecule has 2 aromatic heterocycles. The van der Waals surface area contributed by atoms with Crippen molar-refractivity contribution in [1.82, 2.24) is 15.0 Å². The first kappa shape index (κ1) is 64.2. The average Bonchev–Trinajstić information content (AvgIpc) is 2.33. The molecule has 0 aromatic carbocycles. The predicted octanol–water partition coefficient (Wildman–Crippen LogP) is 1.61. The van der Waals surface area contributed by atoms with Crippen LogP contribution in [0.1, 0.15) is 0 Å². The molecule has 0 unspecified atom stereocenters. The summed E-state index contributed by atoms with van der Waals surface area (Å²) in [6, 6.07) is 1.89. The van der Waals surface area contributed by atoms with Crippen LogP contribution >= 0.6 is 11.6 Å². The number of nitrogens with zero attached hydrogens (tertiary/aromatic N) is 2. The van der Waals surface area contributed by atoms with E-state index in [0.29, 0.717) is 0 Å². The summed E-state index contributed by atoms with van der Waals surface area (Å²) in [6.07, 6.45) is 3.48. The van der Waals surface area contributed by atoms with E-state index in [2.05, 4.69) is 15.0 Å². The zero-order valence-corrected chi connectivity index (χ0v) is 17.4. The predicted molar refractivity (Wildman–Crippen MR) is 38.9 cm³/mol. The van der Waals surface area contributed by atoms with E-state index in [4.69, 9.17) is 11.6 Å². The van der Waals surface area contributed by atoms with Gasteiger partial charge in [-0.25, -0.2) is 4.98 Å². The first-order chi connectivity index (χ1) is 4.86. The van der Waals surface area contributed by atoms with Crippen LogP contribution in [0, 0.1) is 415 Å². The van der Waals surface area contributed by atoms with Crippen LogP contribution in [-0.2, 0) is 0 Å². The molecule has 2 heterocycles. The van der Waals surface area contributed by atoms with E-state index < -0.39 is 0 Å². The first-order valence-electron chi connectivity index (χ1n) is 2.82. The van der Waals surface area contributed by atoms with E-state index in [1.54, 1.807) is 12.4 Å². The molecule has 0 spiro atoms. The van der Waals surface area contributed by atoms with Crippen molar-refractivity contribution in [1.29, 1.82) is 0 Å². The minimum atomic E-state index is 0. The molecule has 0 radical (unpaired) electrons. The number of halogens is 1. The molecule has 2 rings (SSSR count). The fraction of sp³-hybridized carbons (Fsp3) is 0. The number of aromatic amines is 1. The SMILES string of the molecule is Clc1ncc2cc[nH]c2n1.[Ar].[Ar].[Ar].[Ar].[Ar].[Ar].[Ar].[Ar].[Ar].[Ar].[Ar]. The van der Waals surface area contributed by atoms with E-state index in [-0.39, 0.29) is 420 Å². The standard InChI is InChI=1S/C6H4ClN3.11Ar/c7-6-9-3-4-1-2-8-5(4)10-6;;;;;;;;;;;/h1-3H,(H,8,9,10);;;;;;;;;;;. The van der Waals surface area contributed by atoms with Crippen molar-refractivity contribution in [3.8, 4) is 0 Å². The number of nitrogens with one attached hydrogen (secondary N) is 1. The fourth-order valence-corrected chi connectivity index (χ4v) is 0.951. The van der Waals surface area contributed by atoms with E-state index in [0.717, 1.165) is 11.0 Å². The van der Waals surface area contributed by atoms with Crippen molar-refractivity contribution >= 4 is 22.6 Å². The minimum absolute atomic E-state index is 0. The molecule has 0 bridgehead atoms. The molecular formula is C6H4Ar11ClN3. The Hall–Kier alpha value is 12.8. The normalized spacial score (nSPS) is 5.00.